The van der Waals surface area contributed by atoms with Crippen LogP contribution in [0, 0.1) is 30.2 Å². The lowest BCUT2D eigenvalue weighted by atomic mass is 10.1. The van der Waals surface area contributed by atoms with Gasteiger partial charge in [0, 0.05) is 0 Å². The van der Waals surface area contributed by atoms with Crippen LogP contribution in [0.5, 0.6) is 0 Å². The van der Waals surface area contributed by atoms with Crippen LogP contribution in [-0.2, 0) is 6.42 Å². The second-order valence-corrected chi connectivity index (χ2v) is 3.62. The smallest absolute Gasteiger partial charge is 0.197 e. The van der Waals surface area contributed by atoms with Gasteiger partial charge in [0.15, 0.2) is 23.3 Å². The molecule has 0 unspecified atom stereocenters. The molecular formula is C12H13F4. The van der Waals surface area contributed by atoms with E-state index in [1.807, 2.05) is 0 Å². The molecule has 0 aliphatic carbocycles. The quantitative estimate of drug-likeness (QED) is 0.310. The normalized spacial score (nSPS) is 10.8. The Bertz CT molecular complexity index is 361. The molecule has 0 N–H and O–H groups in total. The number of unbranched alkanes of at least 4 members (excludes halogenated alkanes) is 3. The zero-order valence-electron chi connectivity index (χ0n) is 8.83. The van der Waals surface area contributed by atoms with Gasteiger partial charge in [0.05, 0.1) is 0 Å². The Morgan fingerprint density at radius 3 is 2.19 bits per heavy atom. The fourth-order valence-electron chi connectivity index (χ4n) is 1.47. The Morgan fingerprint density at radius 2 is 1.56 bits per heavy atom. The highest BCUT2D eigenvalue weighted by molar-refractivity contribution is 5.21. The Labute approximate surface area is 92.3 Å². The molecule has 0 nitrogen and oxygen atoms in total. The van der Waals surface area contributed by atoms with Gasteiger partial charge in [0.1, 0.15) is 0 Å². The molecule has 16 heavy (non-hydrogen) atoms. The summed E-state index contributed by atoms with van der Waals surface area (Å²) in [4.78, 5) is 0. The first-order chi connectivity index (χ1) is 7.57. The van der Waals surface area contributed by atoms with Crippen molar-refractivity contribution in [2.45, 2.75) is 32.1 Å². The highest BCUT2D eigenvalue weighted by atomic mass is 19.2. The molecule has 0 aliphatic heterocycles. The summed E-state index contributed by atoms with van der Waals surface area (Å²) >= 11 is 0. The predicted molar refractivity (Wildman–Crippen MR) is 53.8 cm³/mol. The first kappa shape index (κ1) is 13.0. The molecule has 4 heteroatoms. The molecule has 89 valence electrons. The van der Waals surface area contributed by atoms with E-state index in [0.29, 0.717) is 6.42 Å². The number of halogens is 4. The van der Waals surface area contributed by atoms with E-state index in [4.69, 9.17) is 0 Å². The lowest BCUT2D eigenvalue weighted by Crippen LogP contribution is -2.01. The first-order valence-electron chi connectivity index (χ1n) is 5.19. The minimum Gasteiger partial charge on any atom is -0.204 e. The highest BCUT2D eigenvalue weighted by Crippen LogP contribution is 2.20. The third kappa shape index (κ3) is 2.97. The molecule has 1 radical (unpaired) electrons. The van der Waals surface area contributed by atoms with Gasteiger partial charge in [-0.1, -0.05) is 26.2 Å². The van der Waals surface area contributed by atoms with E-state index in [1.54, 1.807) is 0 Å². The summed E-state index contributed by atoms with van der Waals surface area (Å²) in [5.74, 6) is -6.11. The Morgan fingerprint density at radius 1 is 0.875 bits per heavy atom. The molecule has 1 aromatic carbocycles. The lowest BCUT2D eigenvalue weighted by Gasteiger charge is -2.05. The Hall–Kier alpha value is -1.06. The number of hydrogen-bond acceptors (Lipinski definition) is 0. The Balaban J connectivity index is 2.73. The second kappa shape index (κ2) is 5.87. The third-order valence-corrected chi connectivity index (χ3v) is 2.37. The van der Waals surface area contributed by atoms with Crippen LogP contribution < -0.4 is 0 Å². The van der Waals surface area contributed by atoms with Crippen LogP contribution >= 0.6 is 0 Å². The van der Waals surface area contributed by atoms with E-state index in [-0.39, 0.29) is 12.0 Å². The standard InChI is InChI=1S/C12H13F4/c1-2-3-4-5-6-8-7-9(13)11(15)12(16)10(8)14/h7H,1-6H2. The van der Waals surface area contributed by atoms with Crippen molar-refractivity contribution in [3.05, 3.63) is 41.8 Å². The molecule has 0 aliphatic rings. The van der Waals surface area contributed by atoms with Crippen LogP contribution in [0.1, 0.15) is 31.2 Å². The molecular weight excluding hydrogens is 220 g/mol. The van der Waals surface area contributed by atoms with Gasteiger partial charge in [-0.25, -0.2) is 17.6 Å². The van der Waals surface area contributed by atoms with E-state index < -0.39 is 23.3 Å². The molecule has 0 saturated carbocycles. The van der Waals surface area contributed by atoms with Gasteiger partial charge in [-0.15, -0.1) is 0 Å². The fraction of sp³-hybridized carbons (Fsp3) is 0.417. The molecule has 1 rings (SSSR count). The molecule has 0 spiro atoms. The maximum atomic E-state index is 13.2. The van der Waals surface area contributed by atoms with E-state index >= 15 is 0 Å². The van der Waals surface area contributed by atoms with Crippen LogP contribution in [0.4, 0.5) is 17.6 Å². The monoisotopic (exact) mass is 233 g/mol. The maximum absolute atomic E-state index is 13.2. The summed E-state index contributed by atoms with van der Waals surface area (Å²) in [5, 5.41) is 0. The third-order valence-electron chi connectivity index (χ3n) is 2.37. The molecule has 0 aromatic heterocycles. The van der Waals surface area contributed by atoms with Crippen molar-refractivity contribution in [1.82, 2.24) is 0 Å². The molecule has 0 atom stereocenters. The van der Waals surface area contributed by atoms with Crippen LogP contribution in [0.15, 0.2) is 6.07 Å². The molecule has 0 amide bonds. The summed E-state index contributed by atoms with van der Waals surface area (Å²) in [6.07, 6.45) is 3.28. The molecule has 0 bridgehead atoms. The van der Waals surface area contributed by atoms with Gasteiger partial charge < -0.3 is 0 Å². The summed E-state index contributed by atoms with van der Waals surface area (Å²) in [5.41, 5.74) is -0.111. The SMILES string of the molecule is [CH2]CCCCCc1cc(F)c(F)c(F)c1F. The van der Waals surface area contributed by atoms with E-state index in [0.717, 1.165) is 25.3 Å². The average Bonchev–Trinajstić information content (AvgIpc) is 2.28. The van der Waals surface area contributed by atoms with E-state index in [1.165, 1.54) is 0 Å². The summed E-state index contributed by atoms with van der Waals surface area (Å²) in [6.45, 7) is 3.64. The minimum absolute atomic E-state index is 0.111. The predicted octanol–water partition coefficient (Wildman–Crippen LogP) is 4.18. The van der Waals surface area contributed by atoms with Gasteiger partial charge in [-0.05, 0) is 24.5 Å². The van der Waals surface area contributed by atoms with Crippen molar-refractivity contribution < 1.29 is 17.6 Å². The van der Waals surface area contributed by atoms with Gasteiger partial charge in [0.25, 0.3) is 0 Å². The zero-order chi connectivity index (χ0) is 12.1. The summed E-state index contributed by atoms with van der Waals surface area (Å²) < 4.78 is 51.4. The van der Waals surface area contributed by atoms with Gasteiger partial charge in [-0.3, -0.25) is 0 Å². The minimum atomic E-state index is -1.75. The molecule has 0 heterocycles. The summed E-state index contributed by atoms with van der Waals surface area (Å²) in [6, 6.07) is 0.720. The maximum Gasteiger partial charge on any atom is 0.197 e. The van der Waals surface area contributed by atoms with Crippen molar-refractivity contribution in [3.63, 3.8) is 0 Å². The zero-order valence-corrected chi connectivity index (χ0v) is 8.83. The van der Waals surface area contributed by atoms with Crippen molar-refractivity contribution in [3.8, 4) is 0 Å². The van der Waals surface area contributed by atoms with Crippen molar-refractivity contribution in [2.24, 2.45) is 0 Å². The van der Waals surface area contributed by atoms with Crippen LogP contribution in [-0.4, -0.2) is 0 Å². The highest BCUT2D eigenvalue weighted by Gasteiger charge is 2.18. The average molecular weight is 233 g/mol. The van der Waals surface area contributed by atoms with Crippen LogP contribution in [0.25, 0.3) is 0 Å². The molecule has 0 fully saturated rings. The number of hydrogen-bond donors (Lipinski definition) is 0. The Kier molecular flexibility index (Phi) is 4.77. The fourth-order valence-corrected chi connectivity index (χ4v) is 1.47. The molecule has 0 saturated heterocycles. The number of aryl methyl sites for hydroxylation is 1. The lowest BCUT2D eigenvalue weighted by molar-refractivity contribution is 0.403. The van der Waals surface area contributed by atoms with Crippen LogP contribution in [0.3, 0.4) is 0 Å². The van der Waals surface area contributed by atoms with Crippen molar-refractivity contribution in [1.29, 1.82) is 0 Å². The van der Waals surface area contributed by atoms with Gasteiger partial charge in [0.2, 0.25) is 0 Å². The number of rotatable bonds is 5. The molecule has 1 aromatic rings. The van der Waals surface area contributed by atoms with E-state index in [2.05, 4.69) is 6.92 Å². The van der Waals surface area contributed by atoms with E-state index in [9.17, 15) is 17.6 Å². The van der Waals surface area contributed by atoms with Crippen molar-refractivity contribution in [2.75, 3.05) is 0 Å². The topological polar surface area (TPSA) is 0 Å². The first-order valence-corrected chi connectivity index (χ1v) is 5.19. The largest absolute Gasteiger partial charge is 0.204 e. The van der Waals surface area contributed by atoms with Gasteiger partial charge in [-0.2, -0.15) is 0 Å². The van der Waals surface area contributed by atoms with Gasteiger partial charge >= 0.3 is 0 Å². The number of benzene rings is 1. The summed E-state index contributed by atoms with van der Waals surface area (Å²) in [7, 11) is 0. The van der Waals surface area contributed by atoms with Crippen molar-refractivity contribution >= 4 is 0 Å². The second-order valence-electron chi connectivity index (χ2n) is 3.62. The van der Waals surface area contributed by atoms with Crippen LogP contribution in [0.2, 0.25) is 0 Å².